The molecule has 1 unspecified atom stereocenters. The van der Waals surface area contributed by atoms with Crippen molar-refractivity contribution in [2.24, 2.45) is 0 Å². The Balaban J connectivity index is 1.38. The standard InChI is InChI=1S/C25H20F2O5/c26-20-8-6-16(7-9-20)22(28)10-11-23(29)30-14-18-12-21(27)13-19-15-31-25(32-24(18)19)17-4-2-1-3-5-17/h1-9,12-13,25H,10-11,14-15H2. The Morgan fingerprint density at radius 2 is 1.69 bits per heavy atom. The van der Waals surface area contributed by atoms with Crippen molar-refractivity contribution in [3.63, 3.8) is 0 Å². The number of fused-ring (bicyclic) bond motifs is 1. The van der Waals surface area contributed by atoms with E-state index in [1.807, 2.05) is 30.3 Å². The van der Waals surface area contributed by atoms with Gasteiger partial charge in [0.1, 0.15) is 24.0 Å². The number of halogens is 2. The van der Waals surface area contributed by atoms with Gasteiger partial charge in [0.15, 0.2) is 5.78 Å². The van der Waals surface area contributed by atoms with Crippen molar-refractivity contribution >= 4 is 11.8 Å². The lowest BCUT2D eigenvalue weighted by molar-refractivity contribution is -0.145. The second-order valence-electron chi connectivity index (χ2n) is 7.32. The fourth-order valence-electron chi connectivity index (χ4n) is 3.38. The number of Topliss-reactive ketones (excluding diaryl/α,β-unsaturated/α-hetero) is 1. The van der Waals surface area contributed by atoms with Crippen LogP contribution in [0.4, 0.5) is 8.78 Å². The molecule has 1 aliphatic heterocycles. The maximum Gasteiger partial charge on any atom is 0.306 e. The van der Waals surface area contributed by atoms with Crippen molar-refractivity contribution in [1.82, 2.24) is 0 Å². The zero-order chi connectivity index (χ0) is 22.5. The lowest BCUT2D eigenvalue weighted by Crippen LogP contribution is -2.20. The number of ether oxygens (including phenoxy) is 3. The average Bonchev–Trinajstić information content (AvgIpc) is 2.81. The predicted octanol–water partition coefficient (Wildman–Crippen LogP) is 5.28. The molecule has 0 aliphatic carbocycles. The minimum absolute atomic E-state index is 0.0772. The van der Waals surface area contributed by atoms with E-state index in [-0.39, 0.29) is 31.8 Å². The van der Waals surface area contributed by atoms with Gasteiger partial charge in [-0.15, -0.1) is 0 Å². The van der Waals surface area contributed by atoms with E-state index in [1.54, 1.807) is 0 Å². The lowest BCUT2D eigenvalue weighted by Gasteiger charge is -2.28. The Hall–Kier alpha value is -3.58. The Kier molecular flexibility index (Phi) is 6.56. The summed E-state index contributed by atoms with van der Waals surface area (Å²) >= 11 is 0. The molecule has 1 aliphatic rings. The molecule has 4 rings (SSSR count). The summed E-state index contributed by atoms with van der Waals surface area (Å²) in [6.07, 6.45) is -0.881. The summed E-state index contributed by atoms with van der Waals surface area (Å²) in [5.74, 6) is -1.42. The molecule has 3 aromatic rings. The number of benzene rings is 3. The van der Waals surface area contributed by atoms with E-state index in [0.717, 1.165) is 5.56 Å². The highest BCUT2D eigenvalue weighted by Crippen LogP contribution is 2.36. The molecule has 5 nitrogen and oxygen atoms in total. The number of rotatable bonds is 7. The molecule has 0 N–H and O–H groups in total. The van der Waals surface area contributed by atoms with Gasteiger partial charge < -0.3 is 14.2 Å². The summed E-state index contributed by atoms with van der Waals surface area (Å²) < 4.78 is 43.9. The first-order valence-corrected chi connectivity index (χ1v) is 10.1. The summed E-state index contributed by atoms with van der Waals surface area (Å²) in [6, 6.07) is 17.0. The van der Waals surface area contributed by atoms with E-state index in [4.69, 9.17) is 14.2 Å². The van der Waals surface area contributed by atoms with Crippen molar-refractivity contribution < 1.29 is 32.6 Å². The molecule has 1 atom stereocenters. The molecule has 0 spiro atoms. The highest BCUT2D eigenvalue weighted by atomic mass is 19.1. The van der Waals surface area contributed by atoms with Crippen LogP contribution in [0.5, 0.6) is 5.75 Å². The van der Waals surface area contributed by atoms with Crippen LogP contribution in [-0.4, -0.2) is 11.8 Å². The fourth-order valence-corrected chi connectivity index (χ4v) is 3.38. The van der Waals surface area contributed by atoms with E-state index in [9.17, 15) is 18.4 Å². The van der Waals surface area contributed by atoms with Crippen LogP contribution >= 0.6 is 0 Å². The van der Waals surface area contributed by atoms with Crippen LogP contribution in [0.3, 0.4) is 0 Å². The molecule has 0 saturated heterocycles. The van der Waals surface area contributed by atoms with Crippen molar-refractivity contribution in [1.29, 1.82) is 0 Å². The molecule has 0 radical (unpaired) electrons. The summed E-state index contributed by atoms with van der Waals surface area (Å²) in [7, 11) is 0. The maximum absolute atomic E-state index is 14.0. The van der Waals surface area contributed by atoms with Gasteiger partial charge in [-0.2, -0.15) is 0 Å². The molecule has 1 heterocycles. The van der Waals surface area contributed by atoms with Crippen LogP contribution in [0, 0.1) is 11.6 Å². The second kappa shape index (κ2) is 9.70. The zero-order valence-corrected chi connectivity index (χ0v) is 17.1. The Labute approximate surface area is 183 Å². The molecular formula is C25H20F2O5. The first-order valence-electron chi connectivity index (χ1n) is 10.1. The highest BCUT2D eigenvalue weighted by Gasteiger charge is 2.25. The van der Waals surface area contributed by atoms with Crippen molar-refractivity contribution in [2.45, 2.75) is 32.3 Å². The lowest BCUT2D eigenvalue weighted by atomic mass is 10.1. The van der Waals surface area contributed by atoms with Crippen molar-refractivity contribution in [3.05, 3.63) is 101 Å². The summed E-state index contributed by atoms with van der Waals surface area (Å²) in [5.41, 5.74) is 2.03. The molecule has 0 aromatic heterocycles. The van der Waals surface area contributed by atoms with Gasteiger partial charge in [0.25, 0.3) is 0 Å². The summed E-state index contributed by atoms with van der Waals surface area (Å²) in [4.78, 5) is 24.3. The van der Waals surface area contributed by atoms with Gasteiger partial charge in [0.2, 0.25) is 6.29 Å². The maximum atomic E-state index is 14.0. The minimum Gasteiger partial charge on any atom is -0.461 e. The number of esters is 1. The van der Waals surface area contributed by atoms with Gasteiger partial charge in [-0.1, -0.05) is 30.3 Å². The molecule has 0 bridgehead atoms. The first kappa shape index (κ1) is 21.6. The van der Waals surface area contributed by atoms with Gasteiger partial charge in [0, 0.05) is 28.7 Å². The van der Waals surface area contributed by atoms with E-state index in [0.29, 0.717) is 22.4 Å². The Bertz CT molecular complexity index is 1110. The van der Waals surface area contributed by atoms with Gasteiger partial charge in [-0.25, -0.2) is 8.78 Å². The smallest absolute Gasteiger partial charge is 0.306 e. The number of carbonyl (C=O) groups excluding carboxylic acids is 2. The van der Waals surface area contributed by atoms with Crippen LogP contribution < -0.4 is 4.74 Å². The van der Waals surface area contributed by atoms with Crippen LogP contribution in [0.1, 0.15) is 46.2 Å². The zero-order valence-electron chi connectivity index (χ0n) is 17.1. The van der Waals surface area contributed by atoms with Gasteiger partial charge >= 0.3 is 5.97 Å². The molecule has 0 saturated carbocycles. The molecule has 3 aromatic carbocycles. The van der Waals surface area contributed by atoms with Gasteiger partial charge in [-0.05, 0) is 36.4 Å². The monoisotopic (exact) mass is 438 g/mol. The highest BCUT2D eigenvalue weighted by molar-refractivity contribution is 5.97. The third-order valence-electron chi connectivity index (χ3n) is 5.01. The van der Waals surface area contributed by atoms with E-state index >= 15 is 0 Å². The quantitative estimate of drug-likeness (QED) is 0.371. The van der Waals surface area contributed by atoms with Gasteiger partial charge in [-0.3, -0.25) is 9.59 Å². The number of carbonyl (C=O) groups is 2. The number of hydrogen-bond acceptors (Lipinski definition) is 5. The minimum atomic E-state index is -0.656. The first-order chi connectivity index (χ1) is 15.5. The SMILES string of the molecule is O=C(CCC(=O)c1ccc(F)cc1)OCc1cc(F)cc2c1OC(c1ccccc1)OC2. The van der Waals surface area contributed by atoms with Gasteiger partial charge in [0.05, 0.1) is 13.0 Å². The average molecular weight is 438 g/mol. The second-order valence-corrected chi connectivity index (χ2v) is 7.32. The van der Waals surface area contributed by atoms with Crippen LogP contribution in [0.15, 0.2) is 66.7 Å². The Morgan fingerprint density at radius 3 is 2.44 bits per heavy atom. The van der Waals surface area contributed by atoms with E-state index in [2.05, 4.69) is 0 Å². The van der Waals surface area contributed by atoms with Crippen LogP contribution in [-0.2, 0) is 27.5 Å². The Morgan fingerprint density at radius 1 is 0.938 bits per heavy atom. The summed E-state index contributed by atoms with van der Waals surface area (Å²) in [5, 5.41) is 0. The van der Waals surface area contributed by atoms with Crippen LogP contribution in [0.2, 0.25) is 0 Å². The predicted molar refractivity (Wildman–Crippen MR) is 111 cm³/mol. The third-order valence-corrected chi connectivity index (χ3v) is 5.01. The molecule has 7 heteroatoms. The molecular weight excluding hydrogens is 418 g/mol. The van der Waals surface area contributed by atoms with Crippen molar-refractivity contribution in [3.8, 4) is 5.75 Å². The normalized spacial score (nSPS) is 14.9. The molecule has 0 amide bonds. The third kappa shape index (κ3) is 5.18. The summed E-state index contributed by atoms with van der Waals surface area (Å²) in [6.45, 7) is -0.0506. The molecule has 0 fully saturated rings. The van der Waals surface area contributed by atoms with E-state index in [1.165, 1.54) is 36.4 Å². The fraction of sp³-hybridized carbons (Fsp3) is 0.200. The van der Waals surface area contributed by atoms with Crippen molar-refractivity contribution in [2.75, 3.05) is 0 Å². The van der Waals surface area contributed by atoms with E-state index < -0.39 is 23.9 Å². The molecule has 164 valence electrons. The topological polar surface area (TPSA) is 61.8 Å². The number of ketones is 1. The largest absolute Gasteiger partial charge is 0.461 e. The van der Waals surface area contributed by atoms with Crippen LogP contribution in [0.25, 0.3) is 0 Å². The number of hydrogen-bond donors (Lipinski definition) is 0. The molecule has 32 heavy (non-hydrogen) atoms.